The number of hydrogen-bond acceptors (Lipinski definition) is 4. The topological polar surface area (TPSA) is 76.4 Å². The maximum atomic E-state index is 13.1. The maximum absolute atomic E-state index is 13.1. The summed E-state index contributed by atoms with van der Waals surface area (Å²) < 4.78 is 20.1. The molecule has 1 aliphatic heterocycles. The molecule has 2 N–H and O–H groups in total. The number of aromatic nitrogens is 2. The molecule has 1 unspecified atom stereocenters. The van der Waals surface area contributed by atoms with Gasteiger partial charge in [-0.2, -0.15) is 5.10 Å². The van der Waals surface area contributed by atoms with Crippen molar-refractivity contribution in [2.75, 3.05) is 26.4 Å². The number of carbonyl (C=O) groups is 1. The summed E-state index contributed by atoms with van der Waals surface area (Å²) in [5, 5.41) is 16.5. The van der Waals surface area contributed by atoms with E-state index in [0.717, 1.165) is 12.1 Å². The van der Waals surface area contributed by atoms with E-state index in [2.05, 4.69) is 10.4 Å². The fourth-order valence-corrected chi connectivity index (χ4v) is 3.10. The Labute approximate surface area is 145 Å². The average molecular weight is 347 g/mol. The molecule has 0 radical (unpaired) electrons. The van der Waals surface area contributed by atoms with E-state index in [4.69, 9.17) is 4.74 Å². The van der Waals surface area contributed by atoms with Crippen molar-refractivity contribution in [2.45, 2.75) is 19.8 Å². The summed E-state index contributed by atoms with van der Waals surface area (Å²) in [5.74, 6) is -0.590. The van der Waals surface area contributed by atoms with E-state index in [1.807, 2.05) is 6.92 Å². The van der Waals surface area contributed by atoms with Crippen LogP contribution in [-0.4, -0.2) is 47.2 Å². The van der Waals surface area contributed by atoms with Gasteiger partial charge in [0.2, 0.25) is 0 Å². The molecule has 0 aliphatic carbocycles. The van der Waals surface area contributed by atoms with Crippen molar-refractivity contribution < 1.29 is 19.0 Å². The van der Waals surface area contributed by atoms with Gasteiger partial charge in [0, 0.05) is 30.9 Å². The molecule has 7 heteroatoms. The van der Waals surface area contributed by atoms with Gasteiger partial charge in [-0.1, -0.05) is 0 Å². The molecule has 0 spiro atoms. The Morgan fingerprint density at radius 3 is 2.84 bits per heavy atom. The predicted octanol–water partition coefficient (Wildman–Crippen LogP) is 1.84. The van der Waals surface area contributed by atoms with Gasteiger partial charge in [-0.05, 0) is 50.1 Å². The molecule has 0 bridgehead atoms. The van der Waals surface area contributed by atoms with Crippen LogP contribution in [0.25, 0.3) is 5.69 Å². The zero-order valence-corrected chi connectivity index (χ0v) is 14.2. The molecule has 25 heavy (non-hydrogen) atoms. The van der Waals surface area contributed by atoms with E-state index in [1.54, 1.807) is 22.9 Å². The highest BCUT2D eigenvalue weighted by molar-refractivity contribution is 5.92. The first-order chi connectivity index (χ1) is 12.0. The third-order valence-corrected chi connectivity index (χ3v) is 4.64. The molecule has 3 rings (SSSR count). The highest BCUT2D eigenvalue weighted by atomic mass is 19.1. The minimum absolute atomic E-state index is 0.0670. The summed E-state index contributed by atoms with van der Waals surface area (Å²) in [6.45, 7) is 3.53. The molecule has 1 aliphatic rings. The Morgan fingerprint density at radius 2 is 2.20 bits per heavy atom. The zero-order chi connectivity index (χ0) is 17.9. The number of aliphatic hydroxyl groups excluding tert-OH is 1. The number of benzene rings is 1. The third kappa shape index (κ3) is 3.88. The standard InChI is InChI=1S/C18H22FN3O3/c1-13-10-16(21-22(13)15-4-2-14(19)3-5-15)17(24)20-11-18(6-8-23)7-9-25-12-18/h2-5,10,23H,6-9,11-12H2,1H3,(H,20,24). The largest absolute Gasteiger partial charge is 0.396 e. The number of aliphatic hydroxyl groups is 1. The molecule has 1 saturated heterocycles. The summed E-state index contributed by atoms with van der Waals surface area (Å²) >= 11 is 0. The Bertz CT molecular complexity index is 737. The Morgan fingerprint density at radius 1 is 1.44 bits per heavy atom. The molecule has 6 nitrogen and oxygen atoms in total. The SMILES string of the molecule is Cc1cc(C(=O)NCC2(CCO)CCOC2)nn1-c1ccc(F)cc1. The molecule has 1 aromatic heterocycles. The lowest BCUT2D eigenvalue weighted by Gasteiger charge is -2.26. The second kappa shape index (κ2) is 7.33. The molecule has 0 saturated carbocycles. The quantitative estimate of drug-likeness (QED) is 0.836. The number of carbonyl (C=O) groups excluding carboxylic acids is 1. The number of hydrogen-bond donors (Lipinski definition) is 2. The van der Waals surface area contributed by atoms with Crippen LogP contribution in [0.2, 0.25) is 0 Å². The number of nitrogens with one attached hydrogen (secondary N) is 1. The summed E-state index contributed by atoms with van der Waals surface area (Å²) in [7, 11) is 0. The van der Waals surface area contributed by atoms with Crippen molar-refractivity contribution in [1.82, 2.24) is 15.1 Å². The van der Waals surface area contributed by atoms with Crippen molar-refractivity contribution in [1.29, 1.82) is 0 Å². The maximum Gasteiger partial charge on any atom is 0.271 e. The second-order valence-electron chi connectivity index (χ2n) is 6.52. The Hall–Kier alpha value is -2.25. The molecule has 2 heterocycles. The highest BCUT2D eigenvalue weighted by Gasteiger charge is 2.35. The van der Waals surface area contributed by atoms with E-state index in [9.17, 15) is 14.3 Å². The molecule has 1 fully saturated rings. The van der Waals surface area contributed by atoms with Crippen molar-refractivity contribution in [3.05, 3.63) is 47.5 Å². The smallest absolute Gasteiger partial charge is 0.271 e. The van der Waals surface area contributed by atoms with Gasteiger partial charge >= 0.3 is 0 Å². The van der Waals surface area contributed by atoms with Crippen LogP contribution in [0.3, 0.4) is 0 Å². The first-order valence-electron chi connectivity index (χ1n) is 8.32. The van der Waals surface area contributed by atoms with E-state index >= 15 is 0 Å². The molecule has 1 atom stereocenters. The number of amides is 1. The molecule has 1 aromatic carbocycles. The predicted molar refractivity (Wildman–Crippen MR) is 90.2 cm³/mol. The lowest BCUT2D eigenvalue weighted by molar-refractivity contribution is 0.0884. The lowest BCUT2D eigenvalue weighted by Crippen LogP contribution is -2.39. The minimum atomic E-state index is -0.320. The van der Waals surface area contributed by atoms with Crippen LogP contribution in [0.5, 0.6) is 0 Å². The number of rotatable bonds is 6. The Kier molecular flexibility index (Phi) is 5.15. The molecular formula is C18H22FN3O3. The molecule has 1 amide bonds. The van der Waals surface area contributed by atoms with E-state index in [0.29, 0.717) is 37.6 Å². The third-order valence-electron chi connectivity index (χ3n) is 4.64. The van der Waals surface area contributed by atoms with Gasteiger partial charge in [-0.15, -0.1) is 0 Å². The van der Waals surface area contributed by atoms with Crippen molar-refractivity contribution in [3.63, 3.8) is 0 Å². The van der Waals surface area contributed by atoms with Gasteiger partial charge in [0.25, 0.3) is 5.91 Å². The van der Waals surface area contributed by atoms with Gasteiger partial charge in [0.15, 0.2) is 5.69 Å². The average Bonchev–Trinajstić information content (AvgIpc) is 3.21. The first-order valence-corrected chi connectivity index (χ1v) is 8.32. The van der Waals surface area contributed by atoms with Gasteiger partial charge in [-0.25, -0.2) is 9.07 Å². The van der Waals surface area contributed by atoms with Gasteiger partial charge < -0.3 is 15.2 Å². The summed E-state index contributed by atoms with van der Waals surface area (Å²) in [4.78, 5) is 12.4. The van der Waals surface area contributed by atoms with Crippen LogP contribution >= 0.6 is 0 Å². The number of halogens is 1. The van der Waals surface area contributed by atoms with Crippen molar-refractivity contribution in [3.8, 4) is 5.69 Å². The monoisotopic (exact) mass is 347 g/mol. The number of nitrogens with zero attached hydrogens (tertiary/aromatic N) is 2. The van der Waals surface area contributed by atoms with Crippen molar-refractivity contribution in [2.24, 2.45) is 5.41 Å². The summed E-state index contributed by atoms with van der Waals surface area (Å²) in [6, 6.07) is 7.64. The summed E-state index contributed by atoms with van der Waals surface area (Å²) in [5.41, 5.74) is 1.57. The van der Waals surface area contributed by atoms with E-state index in [1.165, 1.54) is 12.1 Å². The normalized spacial score (nSPS) is 20.0. The first kappa shape index (κ1) is 17.6. The highest BCUT2D eigenvalue weighted by Crippen LogP contribution is 2.31. The second-order valence-corrected chi connectivity index (χ2v) is 6.52. The zero-order valence-electron chi connectivity index (χ0n) is 14.2. The van der Waals surface area contributed by atoms with Crippen LogP contribution in [0.15, 0.2) is 30.3 Å². The summed E-state index contributed by atoms with van der Waals surface area (Å²) in [6.07, 6.45) is 1.41. The van der Waals surface area contributed by atoms with Crippen LogP contribution < -0.4 is 5.32 Å². The van der Waals surface area contributed by atoms with E-state index < -0.39 is 0 Å². The van der Waals surface area contributed by atoms with Crippen LogP contribution in [0, 0.1) is 18.2 Å². The number of ether oxygens (including phenoxy) is 1. The minimum Gasteiger partial charge on any atom is -0.396 e. The fraction of sp³-hybridized carbons (Fsp3) is 0.444. The Balaban J connectivity index is 1.70. The van der Waals surface area contributed by atoms with Gasteiger partial charge in [-0.3, -0.25) is 4.79 Å². The van der Waals surface area contributed by atoms with Crippen LogP contribution in [0.4, 0.5) is 4.39 Å². The van der Waals surface area contributed by atoms with Gasteiger partial charge in [0.05, 0.1) is 12.3 Å². The van der Waals surface area contributed by atoms with E-state index in [-0.39, 0.29) is 23.7 Å². The van der Waals surface area contributed by atoms with Crippen molar-refractivity contribution >= 4 is 5.91 Å². The van der Waals surface area contributed by atoms with Crippen LogP contribution in [0.1, 0.15) is 29.0 Å². The molecule has 134 valence electrons. The fourth-order valence-electron chi connectivity index (χ4n) is 3.10. The lowest BCUT2D eigenvalue weighted by atomic mass is 9.84. The molecular weight excluding hydrogens is 325 g/mol. The van der Waals surface area contributed by atoms with Gasteiger partial charge in [0.1, 0.15) is 5.82 Å². The molecule has 2 aromatic rings. The number of aryl methyl sites for hydroxylation is 1. The van der Waals surface area contributed by atoms with Crippen LogP contribution in [-0.2, 0) is 4.74 Å².